The lowest BCUT2D eigenvalue weighted by Gasteiger charge is -2.23. The Morgan fingerprint density at radius 1 is 1.00 bits per heavy atom. The van der Waals surface area contributed by atoms with E-state index in [1.807, 2.05) is 32.2 Å². The van der Waals surface area contributed by atoms with E-state index in [1.54, 1.807) is 22.9 Å². The van der Waals surface area contributed by atoms with Crippen molar-refractivity contribution in [3.63, 3.8) is 0 Å². The fourth-order valence-corrected chi connectivity index (χ4v) is 3.54. The molecule has 7 heteroatoms. The second-order valence-corrected chi connectivity index (χ2v) is 8.51. The lowest BCUT2D eigenvalue weighted by atomic mass is 10.0. The standard InChI is InChI=1S/C23H20Cl2N4O/c1-23(2,26-22(30)18-9-10-19(24)20(25)12-18)21-14-29(28-27-21)13-15-7-8-16-5-3-4-6-17(16)11-15/h3-12,14H,13H2,1-2H3,(H,26,30). The number of amides is 1. The number of carbonyl (C=O) groups excluding carboxylic acids is 1. The topological polar surface area (TPSA) is 59.8 Å². The molecule has 1 amide bonds. The fraction of sp³-hybridized carbons (Fsp3) is 0.174. The van der Waals surface area contributed by atoms with Crippen LogP contribution < -0.4 is 5.32 Å². The molecule has 0 bridgehead atoms. The summed E-state index contributed by atoms with van der Waals surface area (Å²) in [6, 6.07) is 19.4. The van der Waals surface area contributed by atoms with Crippen molar-refractivity contribution in [2.24, 2.45) is 0 Å². The van der Waals surface area contributed by atoms with E-state index in [4.69, 9.17) is 23.2 Å². The van der Waals surface area contributed by atoms with Crippen molar-refractivity contribution < 1.29 is 4.79 Å². The number of fused-ring (bicyclic) bond motifs is 1. The Labute approximate surface area is 184 Å². The highest BCUT2D eigenvalue weighted by molar-refractivity contribution is 6.42. The van der Waals surface area contributed by atoms with Crippen LogP contribution in [0.4, 0.5) is 0 Å². The van der Waals surface area contributed by atoms with Gasteiger partial charge in [0.1, 0.15) is 5.69 Å². The first-order valence-corrected chi connectivity index (χ1v) is 10.2. The van der Waals surface area contributed by atoms with E-state index in [0.717, 1.165) is 5.56 Å². The highest BCUT2D eigenvalue weighted by Crippen LogP contribution is 2.24. The molecule has 0 unspecified atom stereocenters. The largest absolute Gasteiger partial charge is 0.341 e. The van der Waals surface area contributed by atoms with Gasteiger partial charge in [-0.05, 0) is 54.4 Å². The Morgan fingerprint density at radius 3 is 2.53 bits per heavy atom. The molecule has 1 N–H and O–H groups in total. The minimum absolute atomic E-state index is 0.261. The van der Waals surface area contributed by atoms with Gasteiger partial charge in [0.15, 0.2) is 0 Å². The number of hydrogen-bond acceptors (Lipinski definition) is 3. The van der Waals surface area contributed by atoms with Crippen LogP contribution in [-0.2, 0) is 12.1 Å². The molecule has 0 atom stereocenters. The molecule has 0 saturated heterocycles. The lowest BCUT2D eigenvalue weighted by Crippen LogP contribution is -2.41. The van der Waals surface area contributed by atoms with E-state index in [9.17, 15) is 4.79 Å². The number of halogens is 2. The van der Waals surface area contributed by atoms with Gasteiger partial charge in [-0.3, -0.25) is 4.79 Å². The number of nitrogens with one attached hydrogen (secondary N) is 1. The zero-order valence-electron chi connectivity index (χ0n) is 16.6. The van der Waals surface area contributed by atoms with Crippen LogP contribution in [0.1, 0.15) is 35.5 Å². The SMILES string of the molecule is CC(C)(NC(=O)c1ccc(Cl)c(Cl)c1)c1cn(Cc2ccc3ccccc3c2)nn1. The predicted molar refractivity (Wildman–Crippen MR) is 120 cm³/mol. The zero-order valence-corrected chi connectivity index (χ0v) is 18.1. The van der Waals surface area contributed by atoms with Crippen molar-refractivity contribution in [1.29, 1.82) is 0 Å². The summed E-state index contributed by atoms with van der Waals surface area (Å²) in [7, 11) is 0. The number of carbonyl (C=O) groups is 1. The number of hydrogen-bond donors (Lipinski definition) is 1. The first-order valence-electron chi connectivity index (χ1n) is 9.48. The smallest absolute Gasteiger partial charge is 0.252 e. The molecule has 5 nitrogen and oxygen atoms in total. The monoisotopic (exact) mass is 438 g/mol. The molecule has 0 fully saturated rings. The van der Waals surface area contributed by atoms with Crippen LogP contribution in [0.15, 0.2) is 66.9 Å². The average Bonchev–Trinajstić information content (AvgIpc) is 3.19. The van der Waals surface area contributed by atoms with Gasteiger partial charge in [-0.25, -0.2) is 4.68 Å². The van der Waals surface area contributed by atoms with E-state index < -0.39 is 5.54 Å². The van der Waals surface area contributed by atoms with Crippen molar-refractivity contribution in [2.45, 2.75) is 25.9 Å². The van der Waals surface area contributed by atoms with Crippen molar-refractivity contribution >= 4 is 39.9 Å². The van der Waals surface area contributed by atoms with E-state index in [2.05, 4.69) is 46.0 Å². The minimum atomic E-state index is -0.717. The van der Waals surface area contributed by atoms with E-state index in [-0.39, 0.29) is 5.91 Å². The number of benzene rings is 3. The summed E-state index contributed by atoms with van der Waals surface area (Å²) in [6.07, 6.45) is 1.85. The Balaban J connectivity index is 1.49. The Bertz CT molecular complexity index is 1230. The molecule has 0 radical (unpaired) electrons. The Kier molecular flexibility index (Phi) is 5.50. The molecular weight excluding hydrogens is 419 g/mol. The van der Waals surface area contributed by atoms with Gasteiger partial charge >= 0.3 is 0 Å². The molecule has 0 saturated carbocycles. The normalized spacial score (nSPS) is 11.6. The third-order valence-corrected chi connectivity index (χ3v) is 5.68. The maximum atomic E-state index is 12.7. The molecular formula is C23H20Cl2N4O. The third kappa shape index (κ3) is 4.32. The van der Waals surface area contributed by atoms with E-state index in [0.29, 0.717) is 27.8 Å². The summed E-state index contributed by atoms with van der Waals surface area (Å²) in [5.74, 6) is -0.261. The van der Waals surface area contributed by atoms with E-state index in [1.165, 1.54) is 10.8 Å². The van der Waals surface area contributed by atoms with Crippen molar-refractivity contribution in [1.82, 2.24) is 20.3 Å². The van der Waals surface area contributed by atoms with E-state index >= 15 is 0 Å². The van der Waals surface area contributed by atoms with Crippen molar-refractivity contribution in [3.05, 3.63) is 93.7 Å². The van der Waals surface area contributed by atoms with Gasteiger partial charge in [0.25, 0.3) is 5.91 Å². The van der Waals surface area contributed by atoms with Crippen molar-refractivity contribution in [2.75, 3.05) is 0 Å². The van der Waals surface area contributed by atoms with Crippen LogP contribution in [0.5, 0.6) is 0 Å². The lowest BCUT2D eigenvalue weighted by molar-refractivity contribution is 0.0910. The molecule has 0 spiro atoms. The molecule has 152 valence electrons. The van der Waals surface area contributed by atoms with Gasteiger partial charge in [-0.2, -0.15) is 0 Å². The predicted octanol–water partition coefficient (Wildman–Crippen LogP) is 5.45. The molecule has 4 aromatic rings. The highest BCUT2D eigenvalue weighted by atomic mass is 35.5. The Morgan fingerprint density at radius 2 is 1.77 bits per heavy atom. The minimum Gasteiger partial charge on any atom is -0.341 e. The summed E-state index contributed by atoms with van der Waals surface area (Å²) in [4.78, 5) is 12.7. The summed E-state index contributed by atoms with van der Waals surface area (Å²) in [5.41, 5.74) is 1.51. The molecule has 4 rings (SSSR count). The van der Waals surface area contributed by atoms with Gasteiger partial charge in [-0.1, -0.05) is 64.8 Å². The van der Waals surface area contributed by atoms with Crippen LogP contribution in [0.3, 0.4) is 0 Å². The molecule has 3 aromatic carbocycles. The molecule has 0 aliphatic rings. The highest BCUT2D eigenvalue weighted by Gasteiger charge is 2.27. The first-order chi connectivity index (χ1) is 14.3. The fourth-order valence-electron chi connectivity index (χ4n) is 3.24. The summed E-state index contributed by atoms with van der Waals surface area (Å²) >= 11 is 12.0. The molecule has 0 aliphatic carbocycles. The van der Waals surface area contributed by atoms with Gasteiger partial charge < -0.3 is 5.32 Å². The van der Waals surface area contributed by atoms with Gasteiger partial charge in [0.05, 0.1) is 28.3 Å². The summed E-state index contributed by atoms with van der Waals surface area (Å²) in [6.45, 7) is 4.36. The van der Waals surface area contributed by atoms with Crippen LogP contribution >= 0.6 is 23.2 Å². The average molecular weight is 439 g/mol. The van der Waals surface area contributed by atoms with Gasteiger partial charge in [0.2, 0.25) is 0 Å². The molecule has 0 aliphatic heterocycles. The molecule has 1 aromatic heterocycles. The maximum absolute atomic E-state index is 12.7. The number of rotatable bonds is 5. The quantitative estimate of drug-likeness (QED) is 0.450. The second-order valence-electron chi connectivity index (χ2n) is 7.69. The first kappa shape index (κ1) is 20.4. The van der Waals surface area contributed by atoms with Crippen LogP contribution in [-0.4, -0.2) is 20.9 Å². The van der Waals surface area contributed by atoms with Crippen LogP contribution in [0.2, 0.25) is 10.0 Å². The van der Waals surface area contributed by atoms with Crippen LogP contribution in [0.25, 0.3) is 10.8 Å². The Hall–Kier alpha value is -2.89. The number of aromatic nitrogens is 3. The van der Waals surface area contributed by atoms with Crippen LogP contribution in [0, 0.1) is 0 Å². The molecule has 30 heavy (non-hydrogen) atoms. The second kappa shape index (κ2) is 8.09. The molecule has 1 heterocycles. The zero-order chi connectivity index (χ0) is 21.3. The summed E-state index contributed by atoms with van der Waals surface area (Å²) < 4.78 is 1.77. The van der Waals surface area contributed by atoms with Crippen molar-refractivity contribution in [3.8, 4) is 0 Å². The van der Waals surface area contributed by atoms with Gasteiger partial charge in [0, 0.05) is 5.56 Å². The third-order valence-electron chi connectivity index (χ3n) is 4.95. The summed E-state index contributed by atoms with van der Waals surface area (Å²) in [5, 5.41) is 14.6. The number of nitrogens with zero attached hydrogens (tertiary/aromatic N) is 3. The maximum Gasteiger partial charge on any atom is 0.252 e. The van der Waals surface area contributed by atoms with Gasteiger partial charge in [-0.15, -0.1) is 5.10 Å².